The van der Waals surface area contributed by atoms with E-state index >= 15 is 0 Å². The summed E-state index contributed by atoms with van der Waals surface area (Å²) in [5.41, 5.74) is 1.86. The van der Waals surface area contributed by atoms with Gasteiger partial charge >= 0.3 is 0 Å². The van der Waals surface area contributed by atoms with Crippen molar-refractivity contribution in [1.29, 1.82) is 0 Å². The third-order valence-electron chi connectivity index (χ3n) is 3.86. The minimum Gasteiger partial charge on any atom is -0.365 e. The number of nitrogens with zero attached hydrogens (tertiary/aromatic N) is 4. The van der Waals surface area contributed by atoms with Crippen LogP contribution in [0.2, 0.25) is 0 Å². The van der Waals surface area contributed by atoms with E-state index in [-0.39, 0.29) is 5.56 Å². The lowest BCUT2D eigenvalue weighted by Crippen LogP contribution is -2.40. The Kier molecular flexibility index (Phi) is 1.89. The summed E-state index contributed by atoms with van der Waals surface area (Å²) >= 11 is 0. The number of hydrogen-bond acceptors (Lipinski definition) is 4. The van der Waals surface area contributed by atoms with Crippen LogP contribution in [-0.4, -0.2) is 32.8 Å². The fourth-order valence-corrected chi connectivity index (χ4v) is 2.97. The minimum absolute atomic E-state index is 0.0272. The number of anilines is 1. The lowest BCUT2D eigenvalue weighted by molar-refractivity contribution is 0.464. The Morgan fingerprint density at radius 1 is 1.22 bits per heavy atom. The third-order valence-corrected chi connectivity index (χ3v) is 3.86. The zero-order valence-corrected chi connectivity index (χ0v) is 9.83. The van der Waals surface area contributed by atoms with Gasteiger partial charge in [-0.1, -0.05) is 0 Å². The maximum atomic E-state index is 12.4. The van der Waals surface area contributed by atoms with E-state index in [9.17, 15) is 4.79 Å². The van der Waals surface area contributed by atoms with E-state index in [0.717, 1.165) is 37.3 Å². The molecule has 3 aliphatic heterocycles. The van der Waals surface area contributed by atoms with Gasteiger partial charge < -0.3 is 4.90 Å². The third kappa shape index (κ3) is 1.20. The number of aromatic amines is 1. The van der Waals surface area contributed by atoms with E-state index in [1.54, 1.807) is 18.5 Å². The maximum absolute atomic E-state index is 12.4. The Balaban J connectivity index is 1.94. The van der Waals surface area contributed by atoms with Gasteiger partial charge in [0.15, 0.2) is 0 Å². The lowest BCUT2D eigenvalue weighted by atomic mass is 9.88. The SMILES string of the molecule is O=c1c2c([nH]n1-c1ncccn1)C1CCN2CC1. The molecule has 2 bridgehead atoms. The molecular weight excluding hydrogens is 230 g/mol. The van der Waals surface area contributed by atoms with Crippen LogP contribution < -0.4 is 10.5 Å². The van der Waals surface area contributed by atoms with E-state index in [1.165, 1.54) is 4.68 Å². The van der Waals surface area contributed by atoms with Crippen molar-refractivity contribution >= 4 is 5.69 Å². The highest BCUT2D eigenvalue weighted by atomic mass is 16.1. The molecule has 6 heteroatoms. The molecule has 0 spiro atoms. The molecule has 0 aliphatic carbocycles. The summed E-state index contributed by atoms with van der Waals surface area (Å²) in [4.78, 5) is 22.8. The van der Waals surface area contributed by atoms with Crippen molar-refractivity contribution < 1.29 is 0 Å². The van der Waals surface area contributed by atoms with E-state index in [2.05, 4.69) is 20.0 Å². The second-order valence-corrected chi connectivity index (χ2v) is 4.82. The van der Waals surface area contributed by atoms with E-state index < -0.39 is 0 Å². The first-order chi connectivity index (χ1) is 8.84. The van der Waals surface area contributed by atoms with Crippen LogP contribution in [0.5, 0.6) is 0 Å². The Labute approximate surface area is 103 Å². The predicted octanol–water partition coefficient (Wildman–Crippen LogP) is 0.653. The lowest BCUT2D eigenvalue weighted by Gasteiger charge is -2.38. The molecule has 0 amide bonds. The number of H-pyrrole nitrogens is 1. The molecule has 0 unspecified atom stereocenters. The Morgan fingerprint density at radius 2 is 1.94 bits per heavy atom. The second kappa shape index (κ2) is 3.44. The first kappa shape index (κ1) is 9.87. The van der Waals surface area contributed by atoms with Gasteiger partial charge in [-0.25, -0.2) is 9.97 Å². The van der Waals surface area contributed by atoms with Crippen molar-refractivity contribution in [2.75, 3.05) is 18.0 Å². The van der Waals surface area contributed by atoms with Crippen molar-refractivity contribution in [3.8, 4) is 5.95 Å². The average Bonchev–Trinajstić information content (AvgIpc) is 2.81. The summed E-state index contributed by atoms with van der Waals surface area (Å²) in [6, 6.07) is 1.74. The molecule has 5 rings (SSSR count). The van der Waals surface area contributed by atoms with Crippen LogP contribution in [0.25, 0.3) is 5.95 Å². The van der Waals surface area contributed by atoms with Gasteiger partial charge in [-0.2, -0.15) is 4.68 Å². The summed E-state index contributed by atoms with van der Waals surface area (Å²) in [7, 11) is 0. The summed E-state index contributed by atoms with van der Waals surface area (Å²) < 4.78 is 1.46. The fraction of sp³-hybridized carbons (Fsp3) is 0.417. The zero-order chi connectivity index (χ0) is 12.1. The smallest absolute Gasteiger partial charge is 0.297 e. The molecule has 0 saturated carbocycles. The monoisotopic (exact) mass is 243 g/mol. The molecule has 18 heavy (non-hydrogen) atoms. The summed E-state index contributed by atoms with van der Waals surface area (Å²) in [6.45, 7) is 1.97. The number of rotatable bonds is 1. The Hall–Kier alpha value is -2.11. The van der Waals surface area contributed by atoms with Gasteiger partial charge in [0.1, 0.15) is 5.69 Å². The highest BCUT2D eigenvalue weighted by Crippen LogP contribution is 2.39. The molecule has 0 atom stereocenters. The average molecular weight is 243 g/mol. The maximum Gasteiger partial charge on any atom is 0.297 e. The summed E-state index contributed by atoms with van der Waals surface area (Å²) in [5, 5.41) is 3.19. The zero-order valence-electron chi connectivity index (χ0n) is 9.83. The molecule has 2 aromatic rings. The van der Waals surface area contributed by atoms with Crippen LogP contribution >= 0.6 is 0 Å². The van der Waals surface area contributed by atoms with Crippen molar-refractivity contribution in [3.63, 3.8) is 0 Å². The van der Waals surface area contributed by atoms with Crippen molar-refractivity contribution in [3.05, 3.63) is 34.5 Å². The molecule has 5 heterocycles. The molecule has 6 nitrogen and oxygen atoms in total. The van der Waals surface area contributed by atoms with Gasteiger partial charge in [0.2, 0.25) is 0 Å². The minimum atomic E-state index is -0.0272. The van der Waals surface area contributed by atoms with Gasteiger partial charge in [0.05, 0.1) is 5.69 Å². The number of fused-ring (bicyclic) bond motifs is 2. The van der Waals surface area contributed by atoms with E-state index in [4.69, 9.17) is 0 Å². The normalized spacial score (nSPS) is 18.1. The van der Waals surface area contributed by atoms with Crippen molar-refractivity contribution in [1.82, 2.24) is 19.7 Å². The molecular formula is C12H13N5O. The largest absolute Gasteiger partial charge is 0.365 e. The molecule has 0 aromatic carbocycles. The van der Waals surface area contributed by atoms with Crippen LogP contribution in [0.3, 0.4) is 0 Å². The van der Waals surface area contributed by atoms with Crippen LogP contribution in [0.4, 0.5) is 5.69 Å². The topological polar surface area (TPSA) is 66.8 Å². The van der Waals surface area contributed by atoms with Gasteiger partial charge in [-0.15, -0.1) is 0 Å². The van der Waals surface area contributed by atoms with Crippen molar-refractivity contribution in [2.45, 2.75) is 18.8 Å². The number of nitrogens with one attached hydrogen (secondary N) is 1. The number of piperidine rings is 1. The molecule has 1 N–H and O–H groups in total. The predicted molar refractivity (Wildman–Crippen MR) is 66.2 cm³/mol. The first-order valence-electron chi connectivity index (χ1n) is 6.22. The van der Waals surface area contributed by atoms with Crippen LogP contribution in [0.1, 0.15) is 24.5 Å². The molecule has 1 saturated heterocycles. The van der Waals surface area contributed by atoms with Crippen LogP contribution in [0.15, 0.2) is 23.3 Å². The fourth-order valence-electron chi connectivity index (χ4n) is 2.97. The molecule has 3 aliphatic rings. The first-order valence-corrected chi connectivity index (χ1v) is 6.22. The van der Waals surface area contributed by atoms with Crippen LogP contribution in [-0.2, 0) is 0 Å². The van der Waals surface area contributed by atoms with E-state index in [0.29, 0.717) is 11.9 Å². The molecule has 92 valence electrons. The highest BCUT2D eigenvalue weighted by molar-refractivity contribution is 5.56. The van der Waals surface area contributed by atoms with Crippen molar-refractivity contribution in [2.24, 2.45) is 0 Å². The molecule has 0 radical (unpaired) electrons. The van der Waals surface area contributed by atoms with Gasteiger partial charge in [-0.3, -0.25) is 9.89 Å². The van der Waals surface area contributed by atoms with Gasteiger partial charge in [0.25, 0.3) is 11.5 Å². The quantitative estimate of drug-likeness (QED) is 0.798. The summed E-state index contributed by atoms with van der Waals surface area (Å²) in [5.74, 6) is 0.903. The van der Waals surface area contributed by atoms with Gasteiger partial charge in [-0.05, 0) is 18.9 Å². The highest BCUT2D eigenvalue weighted by Gasteiger charge is 2.35. The van der Waals surface area contributed by atoms with Gasteiger partial charge in [0, 0.05) is 31.4 Å². The Morgan fingerprint density at radius 3 is 2.61 bits per heavy atom. The summed E-state index contributed by atoms with van der Waals surface area (Å²) in [6.07, 6.45) is 5.54. The van der Waals surface area contributed by atoms with E-state index in [1.807, 2.05) is 0 Å². The second-order valence-electron chi connectivity index (χ2n) is 4.82. The number of aromatic nitrogens is 4. The Bertz CT molecular complexity index is 636. The molecule has 2 aromatic heterocycles. The molecule has 1 fully saturated rings. The number of hydrogen-bond donors (Lipinski definition) is 1. The van der Waals surface area contributed by atoms with Crippen LogP contribution in [0, 0.1) is 0 Å². The standard InChI is InChI=1S/C12H13N5O/c18-11-10-9(8-2-6-16(10)7-3-8)15-17(11)12-13-4-1-5-14-12/h1,4-5,8,15H,2-3,6-7H2.